The smallest absolute Gasteiger partial charge is 0.251 e. The van der Waals surface area contributed by atoms with Gasteiger partial charge in [-0.3, -0.25) is 9.59 Å². The number of anilines is 1. The third kappa shape index (κ3) is 3.46. The fourth-order valence-electron chi connectivity index (χ4n) is 2.04. The number of carbonyl (C=O) groups is 2. The van der Waals surface area contributed by atoms with Crippen LogP contribution in [0.25, 0.3) is 0 Å². The fraction of sp³-hybridized carbons (Fsp3) is 0.357. The van der Waals surface area contributed by atoms with Crippen LogP contribution in [0.4, 0.5) is 5.69 Å². The van der Waals surface area contributed by atoms with E-state index in [0.717, 1.165) is 5.56 Å². The molecule has 2 N–H and O–H groups in total. The number of tetrazole rings is 1. The largest absolute Gasteiger partial charge is 0.342 e. The summed E-state index contributed by atoms with van der Waals surface area (Å²) in [5, 5.41) is 16.7. The first-order valence-corrected chi connectivity index (χ1v) is 6.80. The Morgan fingerprint density at radius 1 is 1.32 bits per heavy atom. The molecule has 0 fully saturated rings. The average molecular weight is 302 g/mol. The lowest BCUT2D eigenvalue weighted by Gasteiger charge is -2.13. The van der Waals surface area contributed by atoms with Gasteiger partial charge in [-0.05, 0) is 42.0 Å². The Morgan fingerprint density at radius 2 is 2.05 bits per heavy atom. The molecule has 1 atom stereocenters. The molecule has 0 aliphatic heterocycles. The Labute approximate surface area is 127 Å². The van der Waals surface area contributed by atoms with Gasteiger partial charge in [-0.25, -0.2) is 4.68 Å². The van der Waals surface area contributed by atoms with Crippen LogP contribution in [-0.4, -0.2) is 32.0 Å². The number of rotatable bonds is 4. The predicted molar refractivity (Wildman–Crippen MR) is 80.2 cm³/mol. The molecule has 1 aromatic carbocycles. The maximum atomic E-state index is 12.3. The molecule has 1 aromatic heterocycles. The third-order valence-corrected chi connectivity index (χ3v) is 3.20. The predicted octanol–water partition coefficient (Wildman–Crippen LogP) is 0.968. The first kappa shape index (κ1) is 15.6. The second-order valence-electron chi connectivity index (χ2n) is 5.07. The van der Waals surface area contributed by atoms with Gasteiger partial charge in [0.1, 0.15) is 0 Å². The van der Waals surface area contributed by atoms with Gasteiger partial charge in [0.05, 0.1) is 6.04 Å². The van der Waals surface area contributed by atoms with Crippen LogP contribution in [0.2, 0.25) is 0 Å². The number of hydrogen-bond acceptors (Lipinski definition) is 5. The van der Waals surface area contributed by atoms with Crippen molar-refractivity contribution in [2.45, 2.75) is 26.8 Å². The number of benzene rings is 1. The number of aromatic nitrogens is 4. The average Bonchev–Trinajstić information content (AvgIpc) is 2.87. The summed E-state index contributed by atoms with van der Waals surface area (Å²) in [5.74, 6) is 0.115. The van der Waals surface area contributed by atoms with Crippen LogP contribution in [-0.2, 0) is 11.8 Å². The van der Waals surface area contributed by atoms with Gasteiger partial charge in [-0.15, -0.1) is 5.10 Å². The van der Waals surface area contributed by atoms with Crippen LogP contribution in [0.3, 0.4) is 0 Å². The molecule has 0 unspecified atom stereocenters. The van der Waals surface area contributed by atoms with E-state index in [1.807, 2.05) is 6.92 Å². The zero-order valence-electron chi connectivity index (χ0n) is 12.9. The van der Waals surface area contributed by atoms with Crippen LogP contribution in [0.5, 0.6) is 0 Å². The maximum Gasteiger partial charge on any atom is 0.251 e. The summed E-state index contributed by atoms with van der Waals surface area (Å²) in [7, 11) is 1.71. The highest BCUT2D eigenvalue weighted by Gasteiger charge is 2.17. The van der Waals surface area contributed by atoms with Gasteiger partial charge in [0.15, 0.2) is 5.82 Å². The third-order valence-electron chi connectivity index (χ3n) is 3.20. The van der Waals surface area contributed by atoms with Crippen molar-refractivity contribution in [1.29, 1.82) is 0 Å². The SMILES string of the molecule is CC(=O)Nc1cc(C(=O)N[C@H](C)c2nnnn2C)ccc1C. The molecular weight excluding hydrogens is 284 g/mol. The summed E-state index contributed by atoms with van der Waals surface area (Å²) < 4.78 is 1.50. The monoisotopic (exact) mass is 302 g/mol. The standard InChI is InChI=1S/C14H18N6O2/c1-8-5-6-11(7-12(8)16-10(3)21)14(22)15-9(2)13-17-18-19-20(13)4/h5-7,9H,1-4H3,(H,15,22)(H,16,21)/t9-/m1/s1. The molecule has 8 heteroatoms. The molecule has 0 aliphatic rings. The zero-order valence-corrected chi connectivity index (χ0v) is 12.9. The highest BCUT2D eigenvalue weighted by Crippen LogP contribution is 2.17. The fourth-order valence-corrected chi connectivity index (χ4v) is 2.04. The van der Waals surface area contributed by atoms with E-state index in [0.29, 0.717) is 17.1 Å². The minimum Gasteiger partial charge on any atom is -0.342 e. The second-order valence-corrected chi connectivity index (χ2v) is 5.07. The van der Waals surface area contributed by atoms with Crippen molar-refractivity contribution in [3.63, 3.8) is 0 Å². The van der Waals surface area contributed by atoms with E-state index < -0.39 is 0 Å². The van der Waals surface area contributed by atoms with Crippen molar-refractivity contribution in [2.24, 2.45) is 7.05 Å². The number of nitrogens with zero attached hydrogens (tertiary/aromatic N) is 4. The minimum absolute atomic E-state index is 0.181. The lowest BCUT2D eigenvalue weighted by Crippen LogP contribution is -2.28. The van der Waals surface area contributed by atoms with Crippen molar-refractivity contribution in [2.75, 3.05) is 5.32 Å². The van der Waals surface area contributed by atoms with Crippen LogP contribution in [0.15, 0.2) is 18.2 Å². The number of carbonyl (C=O) groups excluding carboxylic acids is 2. The van der Waals surface area contributed by atoms with Gasteiger partial charge in [-0.1, -0.05) is 6.07 Å². The van der Waals surface area contributed by atoms with Gasteiger partial charge in [0.25, 0.3) is 5.91 Å². The highest BCUT2D eigenvalue weighted by atomic mass is 16.2. The van der Waals surface area contributed by atoms with Crippen LogP contribution in [0.1, 0.15) is 41.6 Å². The molecule has 0 saturated heterocycles. The second kappa shape index (κ2) is 6.33. The van der Waals surface area contributed by atoms with Crippen molar-refractivity contribution >= 4 is 17.5 Å². The lowest BCUT2D eigenvalue weighted by atomic mass is 10.1. The normalized spacial score (nSPS) is 11.8. The zero-order chi connectivity index (χ0) is 16.3. The Hall–Kier alpha value is -2.77. The van der Waals surface area contributed by atoms with E-state index >= 15 is 0 Å². The molecular formula is C14H18N6O2. The van der Waals surface area contributed by atoms with Gasteiger partial charge in [0, 0.05) is 25.2 Å². The Balaban J connectivity index is 2.16. The summed E-state index contributed by atoms with van der Waals surface area (Å²) in [6.45, 7) is 5.09. The molecule has 0 spiro atoms. The summed E-state index contributed by atoms with van der Waals surface area (Å²) in [6, 6.07) is 4.80. The van der Waals surface area contributed by atoms with Crippen molar-refractivity contribution < 1.29 is 9.59 Å². The van der Waals surface area contributed by atoms with E-state index in [-0.39, 0.29) is 17.9 Å². The van der Waals surface area contributed by atoms with Gasteiger partial charge < -0.3 is 10.6 Å². The van der Waals surface area contributed by atoms with Crippen molar-refractivity contribution in [1.82, 2.24) is 25.5 Å². The summed E-state index contributed by atoms with van der Waals surface area (Å²) >= 11 is 0. The highest BCUT2D eigenvalue weighted by molar-refractivity contribution is 5.97. The number of amides is 2. The lowest BCUT2D eigenvalue weighted by molar-refractivity contribution is -0.114. The quantitative estimate of drug-likeness (QED) is 0.876. The maximum absolute atomic E-state index is 12.3. The van der Waals surface area contributed by atoms with Crippen LogP contribution < -0.4 is 10.6 Å². The molecule has 8 nitrogen and oxygen atoms in total. The molecule has 2 amide bonds. The van der Waals surface area contributed by atoms with Gasteiger partial charge >= 0.3 is 0 Å². The molecule has 0 aliphatic carbocycles. The molecule has 116 valence electrons. The van der Waals surface area contributed by atoms with E-state index in [9.17, 15) is 9.59 Å². The Kier molecular flexibility index (Phi) is 4.50. The number of nitrogens with one attached hydrogen (secondary N) is 2. The Bertz CT molecular complexity index is 709. The van der Waals surface area contributed by atoms with E-state index in [2.05, 4.69) is 26.2 Å². The number of aryl methyl sites for hydroxylation is 2. The molecule has 1 heterocycles. The van der Waals surface area contributed by atoms with Crippen LogP contribution in [0, 0.1) is 6.92 Å². The summed E-state index contributed by atoms with van der Waals surface area (Å²) in [5.41, 5.74) is 1.96. The van der Waals surface area contributed by atoms with Crippen molar-refractivity contribution in [3.8, 4) is 0 Å². The first-order valence-electron chi connectivity index (χ1n) is 6.80. The summed E-state index contributed by atoms with van der Waals surface area (Å²) in [6.07, 6.45) is 0. The summed E-state index contributed by atoms with van der Waals surface area (Å²) in [4.78, 5) is 23.5. The molecule has 0 radical (unpaired) electrons. The topological polar surface area (TPSA) is 102 Å². The van der Waals surface area contributed by atoms with Gasteiger partial charge in [0.2, 0.25) is 5.91 Å². The Morgan fingerprint density at radius 3 is 2.64 bits per heavy atom. The minimum atomic E-state index is -0.335. The molecule has 2 rings (SSSR count). The van der Waals surface area contributed by atoms with Gasteiger partial charge in [-0.2, -0.15) is 0 Å². The molecule has 0 saturated carbocycles. The molecule has 2 aromatic rings. The van der Waals surface area contributed by atoms with Crippen LogP contribution >= 0.6 is 0 Å². The number of hydrogen-bond donors (Lipinski definition) is 2. The van der Waals surface area contributed by atoms with Crippen molar-refractivity contribution in [3.05, 3.63) is 35.2 Å². The van der Waals surface area contributed by atoms with E-state index in [1.165, 1.54) is 11.6 Å². The first-order chi connectivity index (χ1) is 10.4. The molecule has 0 bridgehead atoms. The van der Waals surface area contributed by atoms with E-state index in [4.69, 9.17) is 0 Å². The van der Waals surface area contributed by atoms with E-state index in [1.54, 1.807) is 32.2 Å². The molecule has 22 heavy (non-hydrogen) atoms.